The molecule has 1 heterocycles. The number of anilines is 1. The van der Waals surface area contributed by atoms with Crippen molar-refractivity contribution in [2.24, 2.45) is 0 Å². The number of hydrogen-bond donors (Lipinski definition) is 2. The topological polar surface area (TPSA) is 41.1 Å². The molecule has 0 aliphatic carbocycles. The van der Waals surface area contributed by atoms with E-state index in [1.165, 1.54) is 12.5 Å². The fraction of sp³-hybridized carbons (Fsp3) is 0.250. The quantitative estimate of drug-likeness (QED) is 0.730. The zero-order valence-electron chi connectivity index (χ0n) is 8.87. The highest BCUT2D eigenvalue weighted by molar-refractivity contribution is 5.77. The number of benzene rings is 1. The molecule has 3 nitrogen and oxygen atoms in total. The van der Waals surface area contributed by atoms with E-state index in [0.717, 1.165) is 11.3 Å². The molecule has 1 aliphatic heterocycles. The lowest BCUT2D eigenvalue weighted by Gasteiger charge is -2.22. The lowest BCUT2D eigenvalue weighted by atomic mass is 10.1. The monoisotopic (exact) mass is 202 g/mol. The smallest absolute Gasteiger partial charge is 0.218 e. The van der Waals surface area contributed by atoms with Gasteiger partial charge in [0, 0.05) is 12.6 Å². The number of fused-ring (bicyclic) bond motifs is 1. The molecule has 3 heteroatoms. The van der Waals surface area contributed by atoms with E-state index in [-0.39, 0.29) is 12.1 Å². The maximum atomic E-state index is 10.9. The molecule has 1 unspecified atom stereocenters. The Morgan fingerprint density at radius 1 is 1.47 bits per heavy atom. The van der Waals surface area contributed by atoms with Crippen LogP contribution >= 0.6 is 0 Å². The highest BCUT2D eigenvalue weighted by Crippen LogP contribution is 2.23. The molecule has 0 aromatic heterocycles. The molecule has 1 aromatic carbocycles. The van der Waals surface area contributed by atoms with Crippen molar-refractivity contribution >= 4 is 17.7 Å². The summed E-state index contributed by atoms with van der Waals surface area (Å²) in [5.74, 6) is -0.0345. The lowest BCUT2D eigenvalue weighted by molar-refractivity contribution is -0.119. The Hall–Kier alpha value is -1.77. The minimum Gasteiger partial charge on any atom is -0.362 e. The van der Waals surface area contributed by atoms with Gasteiger partial charge in [-0.3, -0.25) is 4.79 Å². The van der Waals surface area contributed by atoms with Gasteiger partial charge in [-0.05, 0) is 30.7 Å². The van der Waals surface area contributed by atoms with Gasteiger partial charge in [-0.25, -0.2) is 0 Å². The average Bonchev–Trinajstić information content (AvgIpc) is 2.17. The van der Waals surface area contributed by atoms with Gasteiger partial charge in [0.2, 0.25) is 5.91 Å². The summed E-state index contributed by atoms with van der Waals surface area (Å²) < 4.78 is 0. The van der Waals surface area contributed by atoms with Crippen LogP contribution in [-0.2, 0) is 4.79 Å². The molecule has 1 amide bonds. The van der Waals surface area contributed by atoms with Crippen LogP contribution in [0.25, 0.3) is 6.08 Å². The van der Waals surface area contributed by atoms with Crippen LogP contribution in [-0.4, -0.2) is 12.1 Å². The number of carbonyl (C=O) groups excluding carboxylic acids is 1. The molecule has 1 aromatic rings. The minimum atomic E-state index is -0.0993. The summed E-state index contributed by atoms with van der Waals surface area (Å²) in [4.78, 5) is 10.9. The summed E-state index contributed by atoms with van der Waals surface area (Å²) in [5, 5.41) is 6.04. The van der Waals surface area contributed by atoms with Crippen LogP contribution in [0.2, 0.25) is 0 Å². The molecule has 0 radical (unpaired) electrons. The molecule has 1 atom stereocenters. The highest BCUT2D eigenvalue weighted by atomic mass is 16.1. The summed E-state index contributed by atoms with van der Waals surface area (Å²) in [7, 11) is 0. The third kappa shape index (κ3) is 2.18. The van der Waals surface area contributed by atoms with Crippen molar-refractivity contribution in [3.63, 3.8) is 0 Å². The maximum absolute atomic E-state index is 10.9. The molecule has 0 saturated carbocycles. The first-order valence-electron chi connectivity index (χ1n) is 4.97. The predicted molar refractivity (Wildman–Crippen MR) is 61.4 cm³/mol. The fourth-order valence-corrected chi connectivity index (χ4v) is 1.67. The van der Waals surface area contributed by atoms with Crippen LogP contribution in [0.1, 0.15) is 18.1 Å². The number of hydrogen-bond acceptors (Lipinski definition) is 2. The van der Waals surface area contributed by atoms with Crippen LogP contribution in [0.5, 0.6) is 0 Å². The Labute approximate surface area is 89.2 Å². The standard InChI is InChI=1S/C12H14N2O/c1-8-3-5-11-10(7-8)4-6-12(14-11)13-9(2)15/h3-7,12,14H,1-2H3,(H,13,15). The Balaban J connectivity index is 2.20. The average molecular weight is 202 g/mol. The SMILES string of the molecule is CC(=O)NC1C=Cc2cc(C)ccc2N1. The Morgan fingerprint density at radius 3 is 3.00 bits per heavy atom. The minimum absolute atomic E-state index is 0.0345. The van der Waals surface area contributed by atoms with Crippen LogP contribution in [0.4, 0.5) is 5.69 Å². The zero-order chi connectivity index (χ0) is 10.8. The molecule has 0 spiro atoms. The van der Waals surface area contributed by atoms with Crippen molar-refractivity contribution in [2.45, 2.75) is 20.0 Å². The summed E-state index contributed by atoms with van der Waals surface area (Å²) in [6, 6.07) is 6.20. The Morgan fingerprint density at radius 2 is 2.27 bits per heavy atom. The van der Waals surface area contributed by atoms with Crippen LogP contribution < -0.4 is 10.6 Å². The molecular formula is C12H14N2O. The van der Waals surface area contributed by atoms with E-state index in [4.69, 9.17) is 0 Å². The van der Waals surface area contributed by atoms with Gasteiger partial charge in [-0.15, -0.1) is 0 Å². The third-order valence-electron chi connectivity index (χ3n) is 2.35. The highest BCUT2D eigenvalue weighted by Gasteiger charge is 2.12. The summed E-state index contributed by atoms with van der Waals surface area (Å²) in [6.07, 6.45) is 3.88. The third-order valence-corrected chi connectivity index (χ3v) is 2.35. The van der Waals surface area contributed by atoms with E-state index in [2.05, 4.69) is 29.7 Å². The lowest BCUT2D eigenvalue weighted by Crippen LogP contribution is -2.38. The second kappa shape index (κ2) is 3.77. The van der Waals surface area contributed by atoms with Crippen molar-refractivity contribution in [3.05, 3.63) is 35.4 Å². The predicted octanol–water partition coefficient (Wildman–Crippen LogP) is 1.90. The second-order valence-electron chi connectivity index (χ2n) is 3.77. The molecule has 0 saturated heterocycles. The van der Waals surface area contributed by atoms with Gasteiger partial charge in [0.05, 0.1) is 0 Å². The van der Waals surface area contributed by atoms with Crippen LogP contribution in [0.3, 0.4) is 0 Å². The summed E-state index contributed by atoms with van der Waals surface area (Å²) in [6.45, 7) is 3.58. The van der Waals surface area contributed by atoms with Gasteiger partial charge in [-0.1, -0.05) is 17.7 Å². The first-order chi connectivity index (χ1) is 7.15. The van der Waals surface area contributed by atoms with Crippen LogP contribution in [0, 0.1) is 6.92 Å². The normalized spacial score (nSPS) is 17.9. The van der Waals surface area contributed by atoms with Gasteiger partial charge >= 0.3 is 0 Å². The van der Waals surface area contributed by atoms with E-state index in [1.54, 1.807) is 0 Å². The zero-order valence-corrected chi connectivity index (χ0v) is 8.87. The summed E-state index contributed by atoms with van der Waals surface area (Å²) >= 11 is 0. The van der Waals surface area contributed by atoms with Gasteiger partial charge in [0.15, 0.2) is 0 Å². The van der Waals surface area contributed by atoms with Crippen molar-refractivity contribution in [1.29, 1.82) is 0 Å². The molecule has 78 valence electrons. The van der Waals surface area contributed by atoms with Crippen molar-refractivity contribution in [1.82, 2.24) is 5.32 Å². The molecule has 1 aliphatic rings. The maximum Gasteiger partial charge on any atom is 0.218 e. The second-order valence-corrected chi connectivity index (χ2v) is 3.77. The van der Waals surface area contributed by atoms with Crippen molar-refractivity contribution in [3.8, 4) is 0 Å². The molecule has 0 bridgehead atoms. The van der Waals surface area contributed by atoms with E-state index in [1.807, 2.05) is 18.2 Å². The number of carbonyl (C=O) groups is 1. The van der Waals surface area contributed by atoms with Crippen molar-refractivity contribution in [2.75, 3.05) is 5.32 Å². The van der Waals surface area contributed by atoms with E-state index >= 15 is 0 Å². The summed E-state index contributed by atoms with van der Waals surface area (Å²) in [5.41, 5.74) is 3.46. The fourth-order valence-electron chi connectivity index (χ4n) is 1.67. The molecular weight excluding hydrogens is 188 g/mol. The molecule has 2 rings (SSSR count). The number of amides is 1. The van der Waals surface area contributed by atoms with E-state index < -0.39 is 0 Å². The Bertz CT molecular complexity index is 424. The van der Waals surface area contributed by atoms with Gasteiger partial charge in [-0.2, -0.15) is 0 Å². The first-order valence-corrected chi connectivity index (χ1v) is 4.97. The molecule has 15 heavy (non-hydrogen) atoms. The number of nitrogens with one attached hydrogen (secondary N) is 2. The molecule has 0 fully saturated rings. The largest absolute Gasteiger partial charge is 0.362 e. The van der Waals surface area contributed by atoms with Crippen LogP contribution in [0.15, 0.2) is 24.3 Å². The van der Waals surface area contributed by atoms with Gasteiger partial charge < -0.3 is 10.6 Å². The van der Waals surface area contributed by atoms with E-state index in [0.29, 0.717) is 0 Å². The van der Waals surface area contributed by atoms with Gasteiger partial charge in [0.25, 0.3) is 0 Å². The Kier molecular flexibility index (Phi) is 2.46. The molecule has 2 N–H and O–H groups in total. The van der Waals surface area contributed by atoms with E-state index in [9.17, 15) is 4.79 Å². The van der Waals surface area contributed by atoms with Crippen molar-refractivity contribution < 1.29 is 4.79 Å². The van der Waals surface area contributed by atoms with Gasteiger partial charge in [0.1, 0.15) is 6.17 Å². The number of aryl methyl sites for hydroxylation is 1. The number of rotatable bonds is 1. The first kappa shape index (κ1) is 9.77.